The maximum Gasteiger partial charge on any atom is 0.159 e. The van der Waals surface area contributed by atoms with Crippen molar-refractivity contribution in [2.24, 2.45) is 5.92 Å². The number of piperazine rings is 1. The van der Waals surface area contributed by atoms with Gasteiger partial charge >= 0.3 is 0 Å². The fourth-order valence-corrected chi connectivity index (χ4v) is 2.34. The normalized spacial score (nSPS) is 28.9. The van der Waals surface area contributed by atoms with Gasteiger partial charge in [0.15, 0.2) is 5.78 Å². The molecule has 84 valence electrons. The Morgan fingerprint density at radius 2 is 2.13 bits per heavy atom. The lowest BCUT2D eigenvalue weighted by Gasteiger charge is -2.31. The fourth-order valence-electron chi connectivity index (χ4n) is 2.34. The number of hydrogen-bond acceptors (Lipinski definition) is 4. The Morgan fingerprint density at radius 1 is 1.40 bits per heavy atom. The lowest BCUT2D eigenvalue weighted by molar-refractivity contribution is -0.116. The Bertz CT molecular complexity index is 270. The van der Waals surface area contributed by atoms with E-state index in [1.54, 1.807) is 0 Å². The van der Waals surface area contributed by atoms with Crippen molar-refractivity contribution in [3.05, 3.63) is 11.8 Å². The summed E-state index contributed by atoms with van der Waals surface area (Å²) >= 11 is 0. The zero-order valence-electron chi connectivity index (χ0n) is 8.91. The number of nitrogens with zero attached hydrogens (tertiary/aromatic N) is 1. The molecule has 0 amide bonds. The maximum atomic E-state index is 11.3. The van der Waals surface area contributed by atoms with Crippen LogP contribution in [-0.4, -0.2) is 48.5 Å². The SMILES string of the molecule is O=C1C=C(O)CC(CN2CCNCC2)C1. The highest BCUT2D eigenvalue weighted by Crippen LogP contribution is 2.21. The van der Waals surface area contributed by atoms with E-state index in [1.807, 2.05) is 0 Å². The van der Waals surface area contributed by atoms with E-state index < -0.39 is 0 Å². The van der Waals surface area contributed by atoms with Gasteiger partial charge in [0, 0.05) is 51.6 Å². The second kappa shape index (κ2) is 4.77. The molecule has 0 aromatic rings. The molecule has 4 heteroatoms. The zero-order valence-corrected chi connectivity index (χ0v) is 8.91. The summed E-state index contributed by atoms with van der Waals surface area (Å²) in [7, 11) is 0. The molecule has 1 saturated heterocycles. The first-order chi connectivity index (χ1) is 7.24. The monoisotopic (exact) mass is 210 g/mol. The van der Waals surface area contributed by atoms with E-state index in [0.29, 0.717) is 18.8 Å². The van der Waals surface area contributed by atoms with Crippen LogP contribution in [0.4, 0.5) is 0 Å². The number of hydrogen-bond donors (Lipinski definition) is 2. The van der Waals surface area contributed by atoms with Crippen molar-refractivity contribution in [3.63, 3.8) is 0 Å². The van der Waals surface area contributed by atoms with Crippen LogP contribution in [0.5, 0.6) is 0 Å². The maximum absolute atomic E-state index is 11.3. The van der Waals surface area contributed by atoms with Crippen LogP contribution in [0.15, 0.2) is 11.8 Å². The van der Waals surface area contributed by atoms with Gasteiger partial charge in [0.2, 0.25) is 0 Å². The van der Waals surface area contributed by atoms with Gasteiger partial charge in [0.05, 0.1) is 5.76 Å². The highest BCUT2D eigenvalue weighted by molar-refractivity contribution is 5.91. The van der Waals surface area contributed by atoms with E-state index in [-0.39, 0.29) is 11.5 Å². The molecule has 1 atom stereocenters. The van der Waals surface area contributed by atoms with Crippen LogP contribution in [0.1, 0.15) is 12.8 Å². The third-order valence-electron chi connectivity index (χ3n) is 3.04. The standard InChI is InChI=1S/C11H18N2O2/c14-10-5-9(6-11(15)7-10)8-13-3-1-12-2-4-13/h7,9,12,14H,1-6,8H2. The van der Waals surface area contributed by atoms with Crippen LogP contribution < -0.4 is 5.32 Å². The van der Waals surface area contributed by atoms with Gasteiger partial charge in [-0.1, -0.05) is 0 Å². The van der Waals surface area contributed by atoms with Gasteiger partial charge < -0.3 is 15.3 Å². The van der Waals surface area contributed by atoms with Crippen LogP contribution in [0.2, 0.25) is 0 Å². The van der Waals surface area contributed by atoms with E-state index in [1.165, 1.54) is 6.08 Å². The highest BCUT2D eigenvalue weighted by atomic mass is 16.3. The molecule has 0 bridgehead atoms. The summed E-state index contributed by atoms with van der Waals surface area (Å²) in [4.78, 5) is 13.6. The predicted molar refractivity (Wildman–Crippen MR) is 57.8 cm³/mol. The second-order valence-corrected chi connectivity index (χ2v) is 4.43. The Labute approximate surface area is 90.0 Å². The summed E-state index contributed by atoms with van der Waals surface area (Å²) in [6.45, 7) is 5.10. The van der Waals surface area contributed by atoms with Crippen molar-refractivity contribution in [1.29, 1.82) is 0 Å². The van der Waals surface area contributed by atoms with Crippen molar-refractivity contribution >= 4 is 5.78 Å². The summed E-state index contributed by atoms with van der Waals surface area (Å²) in [5.74, 6) is 0.630. The van der Waals surface area contributed by atoms with Crippen LogP contribution in [0.25, 0.3) is 0 Å². The molecule has 0 aromatic heterocycles. The van der Waals surface area contributed by atoms with Crippen LogP contribution in [-0.2, 0) is 4.79 Å². The zero-order chi connectivity index (χ0) is 10.7. The van der Waals surface area contributed by atoms with Crippen LogP contribution in [0.3, 0.4) is 0 Å². The molecule has 1 aliphatic heterocycles. The summed E-state index contributed by atoms with van der Waals surface area (Å²) in [6, 6.07) is 0. The fraction of sp³-hybridized carbons (Fsp3) is 0.727. The average molecular weight is 210 g/mol. The van der Waals surface area contributed by atoms with Gasteiger partial charge in [-0.15, -0.1) is 0 Å². The lowest BCUT2D eigenvalue weighted by Crippen LogP contribution is -2.45. The van der Waals surface area contributed by atoms with Gasteiger partial charge in [-0.05, 0) is 5.92 Å². The van der Waals surface area contributed by atoms with E-state index in [4.69, 9.17) is 0 Å². The number of rotatable bonds is 2. The molecular formula is C11H18N2O2. The third kappa shape index (κ3) is 3.04. The molecule has 0 saturated carbocycles. The molecule has 0 aromatic carbocycles. The molecule has 1 fully saturated rings. The van der Waals surface area contributed by atoms with Gasteiger partial charge in [-0.25, -0.2) is 0 Å². The van der Waals surface area contributed by atoms with Crippen molar-refractivity contribution in [2.75, 3.05) is 32.7 Å². The minimum atomic E-state index is 0.0684. The van der Waals surface area contributed by atoms with Gasteiger partial charge in [0.1, 0.15) is 0 Å². The molecule has 4 nitrogen and oxygen atoms in total. The molecule has 1 heterocycles. The molecule has 2 N–H and O–H groups in total. The summed E-state index contributed by atoms with van der Waals surface area (Å²) in [6.07, 6.45) is 2.62. The highest BCUT2D eigenvalue weighted by Gasteiger charge is 2.23. The molecule has 0 radical (unpaired) electrons. The smallest absolute Gasteiger partial charge is 0.159 e. The second-order valence-electron chi connectivity index (χ2n) is 4.43. The Kier molecular flexibility index (Phi) is 3.38. The summed E-state index contributed by atoms with van der Waals surface area (Å²) < 4.78 is 0. The lowest BCUT2D eigenvalue weighted by atomic mass is 9.91. The van der Waals surface area contributed by atoms with Crippen molar-refractivity contribution in [1.82, 2.24) is 10.2 Å². The largest absolute Gasteiger partial charge is 0.512 e. The van der Waals surface area contributed by atoms with E-state index in [9.17, 15) is 9.90 Å². The Hall–Kier alpha value is -0.870. The molecule has 2 rings (SSSR count). The Morgan fingerprint density at radius 3 is 2.80 bits per heavy atom. The Balaban J connectivity index is 1.84. The molecule has 15 heavy (non-hydrogen) atoms. The molecule has 1 unspecified atom stereocenters. The summed E-state index contributed by atoms with van der Waals surface area (Å²) in [5.41, 5.74) is 0. The van der Waals surface area contributed by atoms with Crippen LogP contribution >= 0.6 is 0 Å². The first-order valence-corrected chi connectivity index (χ1v) is 5.59. The minimum absolute atomic E-state index is 0.0684. The average Bonchev–Trinajstić information content (AvgIpc) is 2.17. The first-order valence-electron chi connectivity index (χ1n) is 5.59. The van der Waals surface area contributed by atoms with Gasteiger partial charge in [-0.2, -0.15) is 0 Å². The topological polar surface area (TPSA) is 52.6 Å². The van der Waals surface area contributed by atoms with Crippen molar-refractivity contribution in [3.8, 4) is 0 Å². The van der Waals surface area contributed by atoms with Crippen molar-refractivity contribution in [2.45, 2.75) is 12.8 Å². The van der Waals surface area contributed by atoms with Crippen molar-refractivity contribution < 1.29 is 9.90 Å². The minimum Gasteiger partial charge on any atom is -0.512 e. The first kappa shape index (κ1) is 10.6. The van der Waals surface area contributed by atoms with Crippen LogP contribution in [0, 0.1) is 5.92 Å². The third-order valence-corrected chi connectivity index (χ3v) is 3.04. The van der Waals surface area contributed by atoms with Gasteiger partial charge in [-0.3, -0.25) is 4.79 Å². The quantitative estimate of drug-likeness (QED) is 0.689. The number of aliphatic hydroxyl groups excluding tert-OH is 1. The number of nitrogens with one attached hydrogen (secondary N) is 1. The number of allylic oxidation sites excluding steroid dienone is 2. The molecular weight excluding hydrogens is 192 g/mol. The molecule has 0 spiro atoms. The summed E-state index contributed by atoms with van der Waals surface area (Å²) in [5, 5.41) is 12.7. The predicted octanol–water partition coefficient (Wildman–Crippen LogP) is 0.313. The number of ketones is 1. The van der Waals surface area contributed by atoms with E-state index in [0.717, 1.165) is 32.7 Å². The van der Waals surface area contributed by atoms with Gasteiger partial charge in [0.25, 0.3) is 0 Å². The molecule has 2 aliphatic rings. The number of carbonyl (C=O) groups excluding carboxylic acids is 1. The number of carbonyl (C=O) groups is 1. The number of aliphatic hydroxyl groups is 1. The molecule has 1 aliphatic carbocycles. The van der Waals surface area contributed by atoms with E-state index >= 15 is 0 Å². The van der Waals surface area contributed by atoms with E-state index in [2.05, 4.69) is 10.2 Å².